The van der Waals surface area contributed by atoms with Gasteiger partial charge < -0.3 is 20.5 Å². The highest BCUT2D eigenvalue weighted by molar-refractivity contribution is 6.31. The third-order valence-corrected chi connectivity index (χ3v) is 5.65. The van der Waals surface area contributed by atoms with Gasteiger partial charge >= 0.3 is 6.18 Å². The Balaban J connectivity index is 1.84. The summed E-state index contributed by atoms with van der Waals surface area (Å²) < 4.78 is 68.3. The summed E-state index contributed by atoms with van der Waals surface area (Å²) >= 11 is 6.21. The van der Waals surface area contributed by atoms with E-state index in [1.807, 2.05) is 0 Å². The zero-order valence-corrected chi connectivity index (χ0v) is 18.9. The summed E-state index contributed by atoms with van der Waals surface area (Å²) in [6.07, 6.45) is -4.92. The number of aromatic nitrogens is 2. The van der Waals surface area contributed by atoms with E-state index in [2.05, 4.69) is 20.9 Å². The predicted octanol–water partition coefficient (Wildman–Crippen LogP) is 3.66. The molecular weight excluding hydrogens is 513 g/mol. The lowest BCUT2D eigenvalue weighted by atomic mass is 10.0. The van der Waals surface area contributed by atoms with Gasteiger partial charge in [-0.3, -0.25) is 14.4 Å². The number of carbonyl (C=O) groups excluding carboxylic acids is 3. The van der Waals surface area contributed by atoms with Crippen molar-refractivity contribution in [3.8, 4) is 0 Å². The molecule has 3 N–H and O–H groups in total. The first-order valence-electron chi connectivity index (χ1n) is 10.1. The molecule has 0 fully saturated rings. The Bertz CT molecular complexity index is 1410. The smallest absolute Gasteiger partial charge is 0.352 e. The predicted molar refractivity (Wildman–Crippen MR) is 116 cm³/mol. The van der Waals surface area contributed by atoms with Crippen molar-refractivity contribution in [1.82, 2.24) is 20.2 Å². The second kappa shape index (κ2) is 9.22. The van der Waals surface area contributed by atoms with Crippen molar-refractivity contribution >= 4 is 35.1 Å². The summed E-state index contributed by atoms with van der Waals surface area (Å²) in [5.41, 5.74) is -2.00. The molecule has 0 radical (unpaired) electrons. The van der Waals surface area contributed by atoms with Crippen LogP contribution >= 0.6 is 11.6 Å². The second-order valence-corrected chi connectivity index (χ2v) is 8.09. The zero-order valence-electron chi connectivity index (χ0n) is 18.1. The zero-order chi connectivity index (χ0) is 26.4. The SMILES string of the molecule is CNC(=O)c1nc(NC(=O)c2cc(F)cc(C(F)(F)F)c2)c2n1CC(=O)NC2c1cc(F)ccc1Cl. The van der Waals surface area contributed by atoms with Crippen LogP contribution in [-0.4, -0.2) is 34.3 Å². The van der Waals surface area contributed by atoms with E-state index in [-0.39, 0.29) is 34.0 Å². The molecule has 0 saturated carbocycles. The Morgan fingerprint density at radius 3 is 2.50 bits per heavy atom. The van der Waals surface area contributed by atoms with Crippen molar-refractivity contribution in [2.24, 2.45) is 0 Å². The van der Waals surface area contributed by atoms with Crippen molar-refractivity contribution in [2.45, 2.75) is 18.8 Å². The van der Waals surface area contributed by atoms with Crippen LogP contribution < -0.4 is 16.0 Å². The fourth-order valence-corrected chi connectivity index (χ4v) is 3.97. The van der Waals surface area contributed by atoms with Crippen molar-refractivity contribution in [1.29, 1.82) is 0 Å². The Labute approximate surface area is 204 Å². The first-order chi connectivity index (χ1) is 16.9. The van der Waals surface area contributed by atoms with E-state index < -0.39 is 59.2 Å². The van der Waals surface area contributed by atoms with Gasteiger partial charge in [0.25, 0.3) is 11.8 Å². The van der Waals surface area contributed by atoms with E-state index in [0.717, 1.165) is 16.7 Å². The maximum Gasteiger partial charge on any atom is 0.416 e. The molecule has 1 aromatic heterocycles. The number of nitrogens with zero attached hydrogens (tertiary/aromatic N) is 2. The van der Waals surface area contributed by atoms with Crippen LogP contribution in [-0.2, 0) is 17.5 Å². The number of imidazole rings is 1. The van der Waals surface area contributed by atoms with Gasteiger partial charge in [0.1, 0.15) is 18.2 Å². The third-order valence-electron chi connectivity index (χ3n) is 5.31. The topological polar surface area (TPSA) is 105 Å². The molecule has 36 heavy (non-hydrogen) atoms. The summed E-state index contributed by atoms with van der Waals surface area (Å²) in [6, 6.07) is 3.42. The molecule has 1 atom stereocenters. The fraction of sp³-hybridized carbons (Fsp3) is 0.182. The van der Waals surface area contributed by atoms with E-state index in [1.165, 1.54) is 13.1 Å². The lowest BCUT2D eigenvalue weighted by Crippen LogP contribution is -2.41. The number of anilines is 1. The highest BCUT2D eigenvalue weighted by Crippen LogP contribution is 2.36. The number of carbonyl (C=O) groups is 3. The van der Waals surface area contributed by atoms with E-state index >= 15 is 0 Å². The molecule has 3 aromatic rings. The number of fused-ring (bicyclic) bond motifs is 1. The molecule has 0 saturated heterocycles. The maximum atomic E-state index is 14.0. The van der Waals surface area contributed by atoms with Gasteiger partial charge in [-0.25, -0.2) is 13.8 Å². The van der Waals surface area contributed by atoms with Crippen molar-refractivity contribution in [3.05, 3.63) is 81.3 Å². The van der Waals surface area contributed by atoms with Crippen molar-refractivity contribution < 1.29 is 36.3 Å². The molecule has 1 aliphatic heterocycles. The van der Waals surface area contributed by atoms with E-state index in [1.54, 1.807) is 0 Å². The van der Waals surface area contributed by atoms with Crippen molar-refractivity contribution in [3.63, 3.8) is 0 Å². The number of alkyl halides is 3. The molecule has 188 valence electrons. The Morgan fingerprint density at radius 2 is 1.83 bits per heavy atom. The summed E-state index contributed by atoms with van der Waals surface area (Å²) in [4.78, 5) is 41.8. The second-order valence-electron chi connectivity index (χ2n) is 7.68. The number of benzene rings is 2. The highest BCUT2D eigenvalue weighted by atomic mass is 35.5. The quantitative estimate of drug-likeness (QED) is 0.450. The molecule has 14 heteroatoms. The number of amides is 3. The minimum Gasteiger partial charge on any atom is -0.352 e. The Morgan fingerprint density at radius 1 is 1.11 bits per heavy atom. The first kappa shape index (κ1) is 25.1. The van der Waals surface area contributed by atoms with Gasteiger partial charge in [-0.2, -0.15) is 13.2 Å². The van der Waals surface area contributed by atoms with Crippen LogP contribution in [0.25, 0.3) is 0 Å². The molecule has 0 aliphatic carbocycles. The van der Waals surface area contributed by atoms with Gasteiger partial charge in [-0.05, 0) is 36.4 Å². The Hall–Kier alpha value is -4.00. The van der Waals surface area contributed by atoms with Gasteiger partial charge in [-0.1, -0.05) is 11.6 Å². The average molecular weight is 528 g/mol. The largest absolute Gasteiger partial charge is 0.416 e. The normalized spacial score (nSPS) is 15.2. The molecule has 2 heterocycles. The molecule has 2 aromatic carbocycles. The summed E-state index contributed by atoms with van der Waals surface area (Å²) in [6.45, 7) is -0.414. The standard InChI is InChI=1S/C22H15ClF5N5O3/c1-29-21(36)19-31-18(32-20(35)9-4-10(22(26,27)28)6-12(25)5-9)17-16(30-15(34)8-33(17)19)13-7-11(24)2-3-14(13)23/h2-7,16H,8H2,1H3,(H,29,36)(H,30,34)(H,32,35). The molecule has 0 bridgehead atoms. The number of nitrogens with one attached hydrogen (secondary N) is 3. The van der Waals surface area contributed by atoms with Gasteiger partial charge in [-0.15, -0.1) is 0 Å². The van der Waals surface area contributed by atoms with Crippen LogP contribution in [0.3, 0.4) is 0 Å². The van der Waals surface area contributed by atoms with Crippen LogP contribution in [0.15, 0.2) is 36.4 Å². The average Bonchev–Trinajstić information content (AvgIpc) is 3.16. The minimum absolute atomic E-state index is 0.00139. The van der Waals surface area contributed by atoms with Gasteiger partial charge in [0.2, 0.25) is 11.7 Å². The fourth-order valence-electron chi connectivity index (χ4n) is 3.74. The van der Waals surface area contributed by atoms with E-state index in [4.69, 9.17) is 11.6 Å². The molecule has 0 spiro atoms. The van der Waals surface area contributed by atoms with E-state index in [0.29, 0.717) is 12.1 Å². The molecule has 4 rings (SSSR count). The molecule has 1 unspecified atom stereocenters. The minimum atomic E-state index is -4.92. The van der Waals surface area contributed by atoms with Gasteiger partial charge in [0.15, 0.2) is 5.82 Å². The number of hydrogen-bond acceptors (Lipinski definition) is 4. The van der Waals surface area contributed by atoms with Crippen molar-refractivity contribution in [2.75, 3.05) is 12.4 Å². The molecule has 8 nitrogen and oxygen atoms in total. The van der Waals surface area contributed by atoms with Gasteiger partial charge in [0, 0.05) is 23.2 Å². The van der Waals surface area contributed by atoms with Gasteiger partial charge in [0.05, 0.1) is 17.3 Å². The number of hydrogen-bond donors (Lipinski definition) is 3. The number of rotatable bonds is 4. The lowest BCUT2D eigenvalue weighted by molar-refractivity contribution is -0.137. The van der Waals surface area contributed by atoms with Crippen LogP contribution in [0.4, 0.5) is 27.8 Å². The summed E-state index contributed by atoms with van der Waals surface area (Å²) in [5, 5.41) is 7.20. The van der Waals surface area contributed by atoms with Crippen LogP contribution in [0.1, 0.15) is 43.8 Å². The lowest BCUT2D eigenvalue weighted by Gasteiger charge is -2.28. The van der Waals surface area contributed by atoms with Crippen LogP contribution in [0, 0.1) is 11.6 Å². The monoisotopic (exact) mass is 527 g/mol. The van der Waals surface area contributed by atoms with Crippen LogP contribution in [0.2, 0.25) is 5.02 Å². The molecule has 1 aliphatic rings. The molecular formula is C22H15ClF5N5O3. The van der Waals surface area contributed by atoms with Crippen LogP contribution in [0.5, 0.6) is 0 Å². The number of halogens is 6. The highest BCUT2D eigenvalue weighted by Gasteiger charge is 2.36. The first-order valence-corrected chi connectivity index (χ1v) is 10.5. The third kappa shape index (κ3) is 4.73. The summed E-state index contributed by atoms with van der Waals surface area (Å²) in [7, 11) is 1.29. The maximum absolute atomic E-state index is 14.0. The Kier molecular flexibility index (Phi) is 6.43. The molecule has 3 amide bonds. The van der Waals surface area contributed by atoms with E-state index in [9.17, 15) is 36.3 Å². The summed E-state index contributed by atoms with van der Waals surface area (Å²) in [5.74, 6) is -5.16.